The largest absolute Gasteiger partial charge is 0.491 e. The van der Waals surface area contributed by atoms with E-state index in [9.17, 15) is 9.90 Å². The zero-order valence-electron chi connectivity index (χ0n) is 13.0. The number of benzene rings is 1. The SMILES string of the molecule is Cc1ccc(C(=O)NCC(O)c2cccc(OC(C)C)c2)s1. The van der Waals surface area contributed by atoms with Crippen LogP contribution in [0.3, 0.4) is 0 Å². The molecule has 0 aliphatic carbocycles. The Kier molecular flexibility index (Phi) is 5.57. The first-order valence-corrected chi connectivity index (χ1v) is 8.06. The number of carbonyl (C=O) groups is 1. The van der Waals surface area contributed by atoms with E-state index in [0.29, 0.717) is 10.6 Å². The summed E-state index contributed by atoms with van der Waals surface area (Å²) >= 11 is 1.44. The lowest BCUT2D eigenvalue weighted by Gasteiger charge is -2.15. The zero-order valence-corrected chi connectivity index (χ0v) is 13.8. The van der Waals surface area contributed by atoms with Gasteiger partial charge in [0, 0.05) is 11.4 Å². The summed E-state index contributed by atoms with van der Waals surface area (Å²) in [7, 11) is 0. The highest BCUT2D eigenvalue weighted by Crippen LogP contribution is 2.20. The third-order valence-corrected chi connectivity index (χ3v) is 4.03. The van der Waals surface area contributed by atoms with Crippen LogP contribution in [-0.2, 0) is 0 Å². The first-order valence-electron chi connectivity index (χ1n) is 7.25. The van der Waals surface area contributed by atoms with E-state index in [4.69, 9.17) is 4.74 Å². The normalized spacial score (nSPS) is 12.2. The number of nitrogens with one attached hydrogen (secondary N) is 1. The maximum atomic E-state index is 12.0. The van der Waals surface area contributed by atoms with Gasteiger partial charge < -0.3 is 15.2 Å². The molecule has 1 atom stereocenters. The summed E-state index contributed by atoms with van der Waals surface area (Å²) < 4.78 is 5.61. The van der Waals surface area contributed by atoms with Crippen LogP contribution in [0.25, 0.3) is 0 Å². The van der Waals surface area contributed by atoms with Crippen molar-refractivity contribution >= 4 is 17.2 Å². The molecule has 1 unspecified atom stereocenters. The van der Waals surface area contributed by atoms with E-state index in [0.717, 1.165) is 10.4 Å². The molecule has 0 aliphatic rings. The number of ether oxygens (including phenoxy) is 1. The summed E-state index contributed by atoms with van der Waals surface area (Å²) in [5.41, 5.74) is 0.723. The van der Waals surface area contributed by atoms with Gasteiger partial charge in [-0.2, -0.15) is 0 Å². The topological polar surface area (TPSA) is 58.6 Å². The Bertz CT molecular complexity index is 636. The Labute approximate surface area is 134 Å². The Hall–Kier alpha value is -1.85. The fourth-order valence-corrected chi connectivity index (χ4v) is 2.80. The minimum absolute atomic E-state index is 0.0779. The maximum Gasteiger partial charge on any atom is 0.261 e. The average molecular weight is 319 g/mol. The molecule has 1 heterocycles. The van der Waals surface area contributed by atoms with Gasteiger partial charge in [-0.1, -0.05) is 12.1 Å². The van der Waals surface area contributed by atoms with Gasteiger partial charge in [0.05, 0.1) is 17.1 Å². The van der Waals surface area contributed by atoms with Crippen molar-refractivity contribution in [3.8, 4) is 5.75 Å². The van der Waals surface area contributed by atoms with Crippen molar-refractivity contribution in [2.24, 2.45) is 0 Å². The third-order valence-electron chi connectivity index (χ3n) is 3.03. The molecular formula is C17H21NO3S. The molecule has 118 valence electrons. The van der Waals surface area contributed by atoms with Crippen molar-refractivity contribution < 1.29 is 14.6 Å². The van der Waals surface area contributed by atoms with Gasteiger partial charge in [-0.25, -0.2) is 0 Å². The first-order chi connectivity index (χ1) is 10.5. The summed E-state index contributed by atoms with van der Waals surface area (Å²) in [5, 5.41) is 13.0. The van der Waals surface area contributed by atoms with E-state index in [1.165, 1.54) is 11.3 Å². The maximum absolute atomic E-state index is 12.0. The van der Waals surface area contributed by atoms with Gasteiger partial charge in [0.15, 0.2) is 0 Å². The molecule has 1 amide bonds. The minimum atomic E-state index is -0.763. The quantitative estimate of drug-likeness (QED) is 0.859. The standard InChI is InChI=1S/C17H21NO3S/c1-11(2)21-14-6-4-5-13(9-14)15(19)10-18-17(20)16-8-7-12(3)22-16/h4-9,11,15,19H,10H2,1-3H3,(H,18,20). The number of thiophene rings is 1. The van der Waals surface area contributed by atoms with Crippen LogP contribution < -0.4 is 10.1 Å². The number of hydrogen-bond acceptors (Lipinski definition) is 4. The fourth-order valence-electron chi connectivity index (χ4n) is 2.02. The Morgan fingerprint density at radius 3 is 2.73 bits per heavy atom. The summed E-state index contributed by atoms with van der Waals surface area (Å²) in [6, 6.07) is 11.0. The smallest absolute Gasteiger partial charge is 0.261 e. The number of aliphatic hydroxyl groups excluding tert-OH is 1. The van der Waals surface area contributed by atoms with Gasteiger partial charge in [0.2, 0.25) is 0 Å². The predicted octanol–water partition coefficient (Wildman–Crippen LogP) is 3.31. The molecular weight excluding hydrogens is 298 g/mol. The molecule has 0 saturated carbocycles. The summed E-state index contributed by atoms with van der Waals surface area (Å²) in [6.07, 6.45) is -0.685. The Balaban J connectivity index is 1.94. The van der Waals surface area contributed by atoms with E-state index < -0.39 is 6.10 Å². The number of aryl methyl sites for hydroxylation is 1. The summed E-state index contributed by atoms with van der Waals surface area (Å²) in [6.45, 7) is 6.02. The van der Waals surface area contributed by atoms with Crippen LogP contribution in [0, 0.1) is 6.92 Å². The lowest BCUT2D eigenvalue weighted by Crippen LogP contribution is -2.27. The molecule has 2 N–H and O–H groups in total. The molecule has 0 bridgehead atoms. The van der Waals surface area contributed by atoms with Crippen LogP contribution >= 0.6 is 11.3 Å². The molecule has 0 fully saturated rings. The Morgan fingerprint density at radius 1 is 1.32 bits per heavy atom. The molecule has 2 aromatic rings. The van der Waals surface area contributed by atoms with E-state index in [1.807, 2.05) is 45.0 Å². The number of amides is 1. The zero-order chi connectivity index (χ0) is 16.1. The van der Waals surface area contributed by atoms with Crippen molar-refractivity contribution in [3.05, 3.63) is 51.7 Å². The molecule has 4 nitrogen and oxygen atoms in total. The van der Waals surface area contributed by atoms with Crippen LogP contribution in [0.4, 0.5) is 0 Å². The lowest BCUT2D eigenvalue weighted by molar-refractivity contribution is 0.0920. The highest BCUT2D eigenvalue weighted by atomic mass is 32.1. The molecule has 1 aromatic carbocycles. The van der Waals surface area contributed by atoms with Crippen LogP contribution in [0.15, 0.2) is 36.4 Å². The van der Waals surface area contributed by atoms with Gasteiger partial charge in [-0.3, -0.25) is 4.79 Å². The predicted molar refractivity (Wildman–Crippen MR) is 88.6 cm³/mol. The van der Waals surface area contributed by atoms with Gasteiger partial charge in [0.1, 0.15) is 5.75 Å². The van der Waals surface area contributed by atoms with Gasteiger partial charge >= 0.3 is 0 Å². The highest BCUT2D eigenvalue weighted by Gasteiger charge is 2.13. The van der Waals surface area contributed by atoms with E-state index in [1.54, 1.807) is 12.1 Å². The molecule has 2 rings (SSSR count). The number of rotatable bonds is 6. The second kappa shape index (κ2) is 7.42. The summed E-state index contributed by atoms with van der Waals surface area (Å²) in [5.74, 6) is 0.554. The van der Waals surface area contributed by atoms with E-state index in [-0.39, 0.29) is 18.6 Å². The highest BCUT2D eigenvalue weighted by molar-refractivity contribution is 7.13. The monoisotopic (exact) mass is 319 g/mol. The van der Waals surface area contributed by atoms with Crippen molar-refractivity contribution in [1.29, 1.82) is 0 Å². The second-order valence-corrected chi connectivity index (χ2v) is 6.66. The molecule has 5 heteroatoms. The van der Waals surface area contributed by atoms with Crippen LogP contribution in [0.1, 0.15) is 40.1 Å². The van der Waals surface area contributed by atoms with Crippen LogP contribution in [-0.4, -0.2) is 23.7 Å². The average Bonchev–Trinajstić information content (AvgIpc) is 2.90. The number of aliphatic hydroxyl groups is 1. The number of carbonyl (C=O) groups excluding carboxylic acids is 1. The molecule has 0 radical (unpaired) electrons. The third kappa shape index (κ3) is 4.58. The first kappa shape index (κ1) is 16.5. The molecule has 22 heavy (non-hydrogen) atoms. The minimum Gasteiger partial charge on any atom is -0.491 e. The summed E-state index contributed by atoms with van der Waals surface area (Å²) in [4.78, 5) is 13.7. The lowest BCUT2D eigenvalue weighted by atomic mass is 10.1. The van der Waals surface area contributed by atoms with Gasteiger partial charge in [-0.05, 0) is 50.6 Å². The van der Waals surface area contributed by atoms with Crippen molar-refractivity contribution in [2.75, 3.05) is 6.54 Å². The Morgan fingerprint density at radius 2 is 2.09 bits per heavy atom. The van der Waals surface area contributed by atoms with Crippen molar-refractivity contribution in [3.63, 3.8) is 0 Å². The molecule has 0 saturated heterocycles. The molecule has 0 spiro atoms. The van der Waals surface area contributed by atoms with Gasteiger partial charge in [-0.15, -0.1) is 11.3 Å². The van der Waals surface area contributed by atoms with Crippen LogP contribution in [0.5, 0.6) is 5.75 Å². The molecule has 0 aliphatic heterocycles. The second-order valence-electron chi connectivity index (χ2n) is 5.38. The fraction of sp³-hybridized carbons (Fsp3) is 0.353. The number of hydrogen-bond donors (Lipinski definition) is 2. The van der Waals surface area contributed by atoms with Gasteiger partial charge in [0.25, 0.3) is 5.91 Å². The van der Waals surface area contributed by atoms with Crippen molar-refractivity contribution in [1.82, 2.24) is 5.32 Å². The van der Waals surface area contributed by atoms with Crippen molar-refractivity contribution in [2.45, 2.75) is 33.0 Å². The molecule has 1 aromatic heterocycles. The van der Waals surface area contributed by atoms with Crippen LogP contribution in [0.2, 0.25) is 0 Å². The van der Waals surface area contributed by atoms with E-state index >= 15 is 0 Å². The van der Waals surface area contributed by atoms with E-state index in [2.05, 4.69) is 5.32 Å².